The second-order valence-electron chi connectivity index (χ2n) is 5.69. The number of pyridine rings is 1. The van der Waals surface area contributed by atoms with E-state index in [1.54, 1.807) is 0 Å². The lowest BCUT2D eigenvalue weighted by atomic mass is 10.2. The monoisotopic (exact) mass is 375 g/mol. The molecule has 22 heavy (non-hydrogen) atoms. The van der Waals surface area contributed by atoms with Crippen LogP contribution in [0.1, 0.15) is 18.4 Å². The molecule has 5 heteroatoms. The molecule has 0 saturated heterocycles. The Balaban J connectivity index is 1.65. The lowest BCUT2D eigenvalue weighted by Crippen LogP contribution is -2.24. The maximum atomic E-state index is 6.01. The molecular weight excluding hydrogens is 362 g/mol. The van der Waals surface area contributed by atoms with Crippen LogP contribution in [0.5, 0.6) is 0 Å². The summed E-state index contributed by atoms with van der Waals surface area (Å²) < 4.78 is 2.91. The number of hydrogen-bond donors (Lipinski definition) is 0. The van der Waals surface area contributed by atoms with Crippen molar-refractivity contribution in [3.63, 3.8) is 0 Å². The Bertz CT molecular complexity index is 808. The molecule has 1 aliphatic carbocycles. The molecule has 0 radical (unpaired) electrons. The van der Waals surface area contributed by atoms with E-state index < -0.39 is 0 Å². The molecule has 0 atom stereocenters. The lowest BCUT2D eigenvalue weighted by molar-refractivity contribution is 0.792. The molecule has 112 valence electrons. The average molecular weight is 377 g/mol. The van der Waals surface area contributed by atoms with Crippen molar-refractivity contribution in [2.75, 3.05) is 4.90 Å². The van der Waals surface area contributed by atoms with Gasteiger partial charge in [0.15, 0.2) is 0 Å². The zero-order valence-electron chi connectivity index (χ0n) is 11.9. The first-order valence-electron chi connectivity index (χ1n) is 7.35. The maximum absolute atomic E-state index is 6.01. The van der Waals surface area contributed by atoms with Crippen molar-refractivity contribution in [2.24, 2.45) is 0 Å². The maximum Gasteiger partial charge on any atom is 0.0807 e. The second kappa shape index (κ2) is 5.60. The minimum Gasteiger partial charge on any atom is -0.364 e. The van der Waals surface area contributed by atoms with Crippen molar-refractivity contribution in [3.8, 4) is 0 Å². The van der Waals surface area contributed by atoms with Crippen LogP contribution >= 0.6 is 27.5 Å². The summed E-state index contributed by atoms with van der Waals surface area (Å²) in [6.45, 7) is 0.903. The molecule has 2 aromatic heterocycles. The fraction of sp³-hybridized carbons (Fsp3) is 0.235. The summed E-state index contributed by atoms with van der Waals surface area (Å²) in [7, 11) is 0. The van der Waals surface area contributed by atoms with Crippen LogP contribution in [0, 0.1) is 0 Å². The Morgan fingerprint density at radius 1 is 1.23 bits per heavy atom. The second-order valence-corrected chi connectivity index (χ2v) is 6.98. The largest absolute Gasteiger partial charge is 0.364 e. The fourth-order valence-corrected chi connectivity index (χ4v) is 3.25. The summed E-state index contributed by atoms with van der Waals surface area (Å²) >= 11 is 9.56. The number of hydrogen-bond acceptors (Lipinski definition) is 2. The predicted octanol–water partition coefficient (Wildman–Crippen LogP) is 4.92. The highest BCUT2D eigenvalue weighted by molar-refractivity contribution is 9.10. The average Bonchev–Trinajstić information content (AvgIpc) is 3.31. The van der Waals surface area contributed by atoms with E-state index in [0.29, 0.717) is 6.04 Å². The predicted molar refractivity (Wildman–Crippen MR) is 93.5 cm³/mol. The highest BCUT2D eigenvalue weighted by Crippen LogP contribution is 2.34. The quantitative estimate of drug-likeness (QED) is 0.644. The highest BCUT2D eigenvalue weighted by Gasteiger charge is 2.29. The summed E-state index contributed by atoms with van der Waals surface area (Å²) in [6.07, 6.45) is 6.38. The van der Waals surface area contributed by atoms with Gasteiger partial charge in [-0.3, -0.25) is 0 Å². The third kappa shape index (κ3) is 2.73. The summed E-state index contributed by atoms with van der Waals surface area (Å²) in [5, 5.41) is 5.08. The topological polar surface area (TPSA) is 20.5 Å². The molecule has 1 fully saturated rings. The molecule has 0 amide bonds. The molecule has 1 aliphatic rings. The number of anilines is 1. The first kappa shape index (κ1) is 14.1. The van der Waals surface area contributed by atoms with Crippen LogP contribution in [0.4, 0.5) is 5.69 Å². The highest BCUT2D eigenvalue weighted by atomic mass is 79.9. The van der Waals surface area contributed by atoms with E-state index in [-0.39, 0.29) is 0 Å². The van der Waals surface area contributed by atoms with Gasteiger partial charge in [-0.05, 0) is 70.7 Å². The smallest absolute Gasteiger partial charge is 0.0807 e. The fourth-order valence-electron chi connectivity index (χ4n) is 2.74. The number of benzene rings is 1. The van der Waals surface area contributed by atoms with E-state index in [4.69, 9.17) is 11.6 Å². The van der Waals surface area contributed by atoms with Crippen LogP contribution in [0.25, 0.3) is 5.52 Å². The van der Waals surface area contributed by atoms with Crippen molar-refractivity contribution in [2.45, 2.75) is 25.4 Å². The Morgan fingerprint density at radius 2 is 2.00 bits per heavy atom. The van der Waals surface area contributed by atoms with Crippen molar-refractivity contribution >= 4 is 38.7 Å². The van der Waals surface area contributed by atoms with E-state index in [1.807, 2.05) is 29.0 Å². The number of halogens is 2. The van der Waals surface area contributed by atoms with Gasteiger partial charge in [-0.1, -0.05) is 11.6 Å². The number of rotatable bonds is 4. The van der Waals surface area contributed by atoms with Gasteiger partial charge in [0.05, 0.1) is 16.2 Å². The molecule has 2 heterocycles. The van der Waals surface area contributed by atoms with Crippen LogP contribution in [0.2, 0.25) is 5.02 Å². The zero-order valence-corrected chi connectivity index (χ0v) is 14.3. The van der Waals surface area contributed by atoms with Gasteiger partial charge < -0.3 is 4.90 Å². The van der Waals surface area contributed by atoms with Crippen LogP contribution in [-0.4, -0.2) is 15.7 Å². The molecule has 0 bridgehead atoms. The third-order valence-corrected chi connectivity index (χ3v) is 4.90. The van der Waals surface area contributed by atoms with Crippen LogP contribution < -0.4 is 4.90 Å². The van der Waals surface area contributed by atoms with E-state index in [9.17, 15) is 0 Å². The van der Waals surface area contributed by atoms with E-state index >= 15 is 0 Å². The SMILES string of the molecule is Clc1ccc(N(Cc2ccn3ncc(Br)c3c2)C2CC2)cc1. The van der Waals surface area contributed by atoms with Crippen molar-refractivity contribution in [1.82, 2.24) is 9.61 Å². The zero-order chi connectivity index (χ0) is 15.1. The van der Waals surface area contributed by atoms with Crippen molar-refractivity contribution in [1.29, 1.82) is 0 Å². The summed E-state index contributed by atoms with van der Waals surface area (Å²) in [5.41, 5.74) is 3.62. The van der Waals surface area contributed by atoms with E-state index in [2.05, 4.69) is 50.2 Å². The summed E-state index contributed by atoms with van der Waals surface area (Å²) in [4.78, 5) is 2.46. The number of aromatic nitrogens is 2. The van der Waals surface area contributed by atoms with Crippen LogP contribution in [0.15, 0.2) is 53.3 Å². The Kier molecular flexibility index (Phi) is 3.59. The summed E-state index contributed by atoms with van der Waals surface area (Å²) in [5.74, 6) is 0. The van der Waals surface area contributed by atoms with Gasteiger partial charge in [0, 0.05) is 29.5 Å². The van der Waals surface area contributed by atoms with Gasteiger partial charge in [0.2, 0.25) is 0 Å². The normalized spacial score (nSPS) is 14.5. The van der Waals surface area contributed by atoms with Crippen LogP contribution in [-0.2, 0) is 6.54 Å². The first-order chi connectivity index (χ1) is 10.7. The van der Waals surface area contributed by atoms with Crippen molar-refractivity contribution < 1.29 is 0 Å². The minimum atomic E-state index is 0.644. The van der Waals surface area contributed by atoms with E-state index in [1.165, 1.54) is 24.1 Å². The Labute approximate surface area is 142 Å². The molecule has 0 spiro atoms. The van der Waals surface area contributed by atoms with Gasteiger partial charge in [0.25, 0.3) is 0 Å². The van der Waals surface area contributed by atoms with Gasteiger partial charge in [-0.25, -0.2) is 4.52 Å². The Morgan fingerprint density at radius 3 is 2.73 bits per heavy atom. The minimum absolute atomic E-state index is 0.644. The molecule has 0 unspecified atom stereocenters. The summed E-state index contributed by atoms with van der Waals surface area (Å²) in [6, 6.07) is 13.1. The van der Waals surface area contributed by atoms with Gasteiger partial charge in [-0.2, -0.15) is 5.10 Å². The first-order valence-corrected chi connectivity index (χ1v) is 8.52. The molecule has 1 saturated carbocycles. The Hall–Kier alpha value is -1.52. The van der Waals surface area contributed by atoms with Crippen LogP contribution in [0.3, 0.4) is 0 Å². The molecule has 0 aliphatic heterocycles. The van der Waals surface area contributed by atoms with E-state index in [0.717, 1.165) is 21.6 Å². The molecule has 1 aromatic carbocycles. The lowest BCUT2D eigenvalue weighted by Gasteiger charge is -2.25. The molecular formula is C17H15BrClN3. The molecule has 0 N–H and O–H groups in total. The standard InChI is InChI=1S/C17H15BrClN3/c18-16-10-20-22-8-7-12(9-17(16)22)11-21(15-5-6-15)14-3-1-13(19)2-4-14/h1-4,7-10,15H,5-6,11H2. The van der Waals surface area contributed by atoms with Gasteiger partial charge in [-0.15, -0.1) is 0 Å². The molecule has 4 rings (SSSR count). The number of fused-ring (bicyclic) bond motifs is 1. The molecule has 3 aromatic rings. The van der Waals surface area contributed by atoms with Gasteiger partial charge >= 0.3 is 0 Å². The van der Waals surface area contributed by atoms with Crippen molar-refractivity contribution in [3.05, 3.63) is 63.9 Å². The van der Waals surface area contributed by atoms with Gasteiger partial charge in [0.1, 0.15) is 0 Å². The molecule has 3 nitrogen and oxygen atoms in total. The number of nitrogens with zero attached hydrogens (tertiary/aromatic N) is 3. The third-order valence-electron chi connectivity index (χ3n) is 4.04.